The number of hydrogen-bond donors (Lipinski definition) is 0. The highest BCUT2D eigenvalue weighted by Gasteiger charge is 2.23. The molecule has 138 valence electrons. The molecule has 0 atom stereocenters. The van der Waals surface area contributed by atoms with E-state index in [-0.39, 0.29) is 5.91 Å². The highest BCUT2D eigenvalue weighted by Crippen LogP contribution is 2.33. The van der Waals surface area contributed by atoms with Crippen molar-refractivity contribution in [2.45, 2.75) is 37.1 Å². The molecular formula is C22H22N2OS2. The normalized spacial score (nSPS) is 13.2. The molecule has 1 heterocycles. The lowest BCUT2D eigenvalue weighted by Crippen LogP contribution is -2.31. The number of thiazole rings is 1. The second-order valence-corrected chi connectivity index (χ2v) is 8.75. The molecule has 0 aliphatic heterocycles. The molecule has 27 heavy (non-hydrogen) atoms. The van der Waals surface area contributed by atoms with Crippen molar-refractivity contribution in [2.24, 2.45) is 0 Å². The van der Waals surface area contributed by atoms with Crippen LogP contribution >= 0.6 is 23.1 Å². The van der Waals surface area contributed by atoms with Crippen molar-refractivity contribution in [3.05, 3.63) is 76.8 Å². The number of carbonyl (C=O) groups excluding carboxylic acids is 1. The van der Waals surface area contributed by atoms with E-state index in [0.717, 1.165) is 28.4 Å². The Hall–Kier alpha value is -2.11. The molecule has 2 aromatic carbocycles. The highest BCUT2D eigenvalue weighted by molar-refractivity contribution is 8.00. The van der Waals surface area contributed by atoms with Gasteiger partial charge >= 0.3 is 0 Å². The lowest BCUT2D eigenvalue weighted by Gasteiger charge is -2.20. The minimum absolute atomic E-state index is 0.110. The topological polar surface area (TPSA) is 33.2 Å². The number of hydrogen-bond acceptors (Lipinski definition) is 4. The van der Waals surface area contributed by atoms with Crippen molar-refractivity contribution in [3.8, 4) is 0 Å². The SMILES string of the molecule is O=C(CSc1ccccc1)N(Cc1ccccc1)c1nc2c(s1)CCCC2. The number of carbonyl (C=O) groups is 1. The Morgan fingerprint density at radius 2 is 1.70 bits per heavy atom. The summed E-state index contributed by atoms with van der Waals surface area (Å²) in [7, 11) is 0. The smallest absolute Gasteiger partial charge is 0.239 e. The Morgan fingerprint density at radius 1 is 1.00 bits per heavy atom. The van der Waals surface area contributed by atoms with Crippen LogP contribution in [-0.2, 0) is 24.2 Å². The van der Waals surface area contributed by atoms with Crippen LogP contribution in [0.1, 0.15) is 29.0 Å². The molecule has 0 bridgehead atoms. The van der Waals surface area contributed by atoms with E-state index in [1.165, 1.54) is 23.4 Å². The monoisotopic (exact) mass is 394 g/mol. The van der Waals surface area contributed by atoms with E-state index < -0.39 is 0 Å². The first-order valence-corrected chi connectivity index (χ1v) is 11.1. The van der Waals surface area contributed by atoms with Gasteiger partial charge in [0.25, 0.3) is 0 Å². The third kappa shape index (κ3) is 4.60. The van der Waals surface area contributed by atoms with Crippen molar-refractivity contribution in [1.82, 2.24) is 4.98 Å². The van der Waals surface area contributed by atoms with Crippen LogP contribution in [0, 0.1) is 0 Å². The van der Waals surface area contributed by atoms with Gasteiger partial charge in [-0.1, -0.05) is 48.5 Å². The molecule has 1 aliphatic rings. The van der Waals surface area contributed by atoms with E-state index in [1.54, 1.807) is 23.1 Å². The van der Waals surface area contributed by atoms with Crippen LogP contribution < -0.4 is 4.90 Å². The van der Waals surface area contributed by atoms with Gasteiger partial charge in [-0.05, 0) is 43.4 Å². The van der Waals surface area contributed by atoms with Gasteiger partial charge in [-0.2, -0.15) is 0 Å². The summed E-state index contributed by atoms with van der Waals surface area (Å²) in [5.74, 6) is 0.528. The zero-order chi connectivity index (χ0) is 18.5. The summed E-state index contributed by atoms with van der Waals surface area (Å²) < 4.78 is 0. The van der Waals surface area contributed by atoms with E-state index >= 15 is 0 Å². The number of aryl methyl sites for hydroxylation is 2. The molecule has 0 N–H and O–H groups in total. The Bertz CT molecular complexity index is 870. The summed E-state index contributed by atoms with van der Waals surface area (Å²) in [4.78, 5) is 22.3. The molecule has 3 nitrogen and oxygen atoms in total. The highest BCUT2D eigenvalue weighted by atomic mass is 32.2. The van der Waals surface area contributed by atoms with Crippen molar-refractivity contribution in [1.29, 1.82) is 0 Å². The Kier molecular flexibility index (Phi) is 5.90. The third-order valence-electron chi connectivity index (χ3n) is 4.66. The summed E-state index contributed by atoms with van der Waals surface area (Å²) in [6.07, 6.45) is 4.56. The maximum Gasteiger partial charge on any atom is 0.239 e. The van der Waals surface area contributed by atoms with Gasteiger partial charge in [-0.25, -0.2) is 4.98 Å². The molecule has 0 fully saturated rings. The average molecular weight is 395 g/mol. The molecule has 0 unspecified atom stereocenters. The van der Waals surface area contributed by atoms with Crippen molar-refractivity contribution >= 4 is 34.1 Å². The first kappa shape index (κ1) is 18.3. The van der Waals surface area contributed by atoms with Crippen LogP contribution in [0.5, 0.6) is 0 Å². The van der Waals surface area contributed by atoms with E-state index in [9.17, 15) is 4.79 Å². The zero-order valence-electron chi connectivity index (χ0n) is 15.1. The molecule has 0 saturated heterocycles. The molecule has 3 aromatic rings. The van der Waals surface area contributed by atoms with Crippen molar-refractivity contribution in [2.75, 3.05) is 10.7 Å². The molecule has 0 spiro atoms. The molecule has 1 amide bonds. The van der Waals surface area contributed by atoms with E-state index in [1.807, 2.05) is 53.4 Å². The second-order valence-electron chi connectivity index (χ2n) is 6.64. The number of rotatable bonds is 6. The quantitative estimate of drug-likeness (QED) is 0.529. The maximum absolute atomic E-state index is 13.1. The Morgan fingerprint density at radius 3 is 2.44 bits per heavy atom. The fourth-order valence-corrected chi connectivity index (χ4v) is 5.18. The summed E-state index contributed by atoms with van der Waals surface area (Å²) >= 11 is 3.28. The van der Waals surface area contributed by atoms with Gasteiger partial charge in [0, 0.05) is 9.77 Å². The van der Waals surface area contributed by atoms with Gasteiger partial charge in [0.1, 0.15) is 0 Å². The van der Waals surface area contributed by atoms with Crippen LogP contribution in [0.4, 0.5) is 5.13 Å². The number of thioether (sulfide) groups is 1. The lowest BCUT2D eigenvalue weighted by atomic mass is 10.0. The summed E-state index contributed by atoms with van der Waals surface area (Å²) in [6, 6.07) is 20.3. The molecular weight excluding hydrogens is 372 g/mol. The third-order valence-corrected chi connectivity index (χ3v) is 6.83. The predicted molar refractivity (Wildman–Crippen MR) is 114 cm³/mol. The largest absolute Gasteiger partial charge is 0.283 e. The first-order chi connectivity index (χ1) is 13.3. The van der Waals surface area contributed by atoms with E-state index in [4.69, 9.17) is 4.98 Å². The first-order valence-electron chi connectivity index (χ1n) is 9.30. The van der Waals surface area contributed by atoms with E-state index in [0.29, 0.717) is 12.3 Å². The minimum Gasteiger partial charge on any atom is -0.283 e. The standard InChI is InChI=1S/C22H22N2OS2/c25-21(16-26-18-11-5-2-6-12-18)24(15-17-9-3-1-4-10-17)22-23-19-13-7-8-14-20(19)27-22/h1-6,9-12H,7-8,13-16H2. The van der Waals surface area contributed by atoms with E-state index in [2.05, 4.69) is 12.1 Å². The number of amides is 1. The maximum atomic E-state index is 13.1. The fourth-order valence-electron chi connectivity index (χ4n) is 3.22. The number of aromatic nitrogens is 1. The minimum atomic E-state index is 0.110. The van der Waals surface area contributed by atoms with Crippen LogP contribution in [0.3, 0.4) is 0 Å². The van der Waals surface area contributed by atoms with Crippen LogP contribution in [0.15, 0.2) is 65.6 Å². The zero-order valence-corrected chi connectivity index (χ0v) is 16.8. The van der Waals surface area contributed by atoms with Gasteiger partial charge in [0.2, 0.25) is 5.91 Å². The Labute approximate surface area is 168 Å². The molecule has 5 heteroatoms. The molecule has 1 aliphatic carbocycles. The van der Waals surface area contributed by atoms with Gasteiger partial charge in [0.05, 0.1) is 18.0 Å². The van der Waals surface area contributed by atoms with Crippen LogP contribution in [-0.4, -0.2) is 16.6 Å². The van der Waals surface area contributed by atoms with Crippen molar-refractivity contribution < 1.29 is 4.79 Å². The lowest BCUT2D eigenvalue weighted by molar-refractivity contribution is -0.116. The molecule has 4 rings (SSSR count). The van der Waals surface area contributed by atoms with Gasteiger partial charge < -0.3 is 0 Å². The summed E-state index contributed by atoms with van der Waals surface area (Å²) in [5.41, 5.74) is 2.33. The second kappa shape index (κ2) is 8.72. The van der Waals surface area contributed by atoms with Gasteiger partial charge in [-0.3, -0.25) is 9.69 Å². The fraction of sp³-hybridized carbons (Fsp3) is 0.273. The Balaban J connectivity index is 1.55. The van der Waals surface area contributed by atoms with Crippen LogP contribution in [0.2, 0.25) is 0 Å². The van der Waals surface area contributed by atoms with Crippen molar-refractivity contribution in [3.63, 3.8) is 0 Å². The summed E-state index contributed by atoms with van der Waals surface area (Å²) in [6.45, 7) is 0.571. The van der Waals surface area contributed by atoms with Gasteiger partial charge in [0.15, 0.2) is 5.13 Å². The number of nitrogens with zero attached hydrogens (tertiary/aromatic N) is 2. The average Bonchev–Trinajstić information content (AvgIpc) is 3.15. The molecule has 0 saturated carbocycles. The van der Waals surface area contributed by atoms with Crippen LogP contribution in [0.25, 0.3) is 0 Å². The number of anilines is 1. The number of fused-ring (bicyclic) bond motifs is 1. The summed E-state index contributed by atoms with van der Waals surface area (Å²) in [5, 5.41) is 0.851. The predicted octanol–water partition coefficient (Wildman–Crippen LogP) is 5.35. The molecule has 1 aromatic heterocycles. The number of benzene rings is 2. The van der Waals surface area contributed by atoms with Gasteiger partial charge in [-0.15, -0.1) is 23.1 Å². The molecule has 0 radical (unpaired) electrons.